The van der Waals surface area contributed by atoms with Crippen molar-refractivity contribution in [2.24, 2.45) is 21.1 Å². The SMILES string of the molecule is CCc1ccc(S(=O)(=O)Nc2ccccc2Sc2nc3c(c(=O)n(C)c(=O)n3C)n2C)cc1. The molecular formula is C22H23N5O4S2. The summed E-state index contributed by atoms with van der Waals surface area (Å²) in [6.45, 7) is 2.00. The van der Waals surface area contributed by atoms with Crippen LogP contribution in [0.5, 0.6) is 0 Å². The highest BCUT2D eigenvalue weighted by molar-refractivity contribution is 7.99. The monoisotopic (exact) mass is 485 g/mol. The van der Waals surface area contributed by atoms with Crippen molar-refractivity contribution in [1.82, 2.24) is 18.7 Å². The number of hydrogen-bond acceptors (Lipinski definition) is 6. The van der Waals surface area contributed by atoms with Gasteiger partial charge in [0.15, 0.2) is 16.3 Å². The number of fused-ring (bicyclic) bond motifs is 1. The molecule has 0 amide bonds. The predicted molar refractivity (Wildman–Crippen MR) is 128 cm³/mol. The van der Waals surface area contributed by atoms with Gasteiger partial charge >= 0.3 is 5.69 Å². The number of rotatable bonds is 6. The summed E-state index contributed by atoms with van der Waals surface area (Å²) in [5.74, 6) is 0. The van der Waals surface area contributed by atoms with Crippen molar-refractivity contribution in [3.8, 4) is 0 Å². The van der Waals surface area contributed by atoms with Gasteiger partial charge in [0.25, 0.3) is 15.6 Å². The number of nitrogens with one attached hydrogen (secondary N) is 1. The molecule has 1 N–H and O–H groups in total. The average molecular weight is 486 g/mol. The van der Waals surface area contributed by atoms with Gasteiger partial charge in [-0.2, -0.15) is 0 Å². The van der Waals surface area contributed by atoms with Gasteiger partial charge in [-0.3, -0.25) is 18.7 Å². The minimum Gasteiger partial charge on any atom is -0.316 e. The molecule has 0 aliphatic rings. The highest BCUT2D eigenvalue weighted by Gasteiger charge is 2.20. The lowest BCUT2D eigenvalue weighted by atomic mass is 10.2. The summed E-state index contributed by atoms with van der Waals surface area (Å²) in [7, 11) is 0.855. The molecule has 2 aromatic heterocycles. The Hall–Kier alpha value is -3.31. The van der Waals surface area contributed by atoms with Crippen LogP contribution in [-0.4, -0.2) is 27.1 Å². The fourth-order valence-electron chi connectivity index (χ4n) is 3.44. The minimum absolute atomic E-state index is 0.167. The highest BCUT2D eigenvalue weighted by Crippen LogP contribution is 2.34. The number of para-hydroxylation sites is 1. The molecule has 0 aliphatic carbocycles. The van der Waals surface area contributed by atoms with E-state index in [4.69, 9.17) is 0 Å². The fourth-order valence-corrected chi connectivity index (χ4v) is 5.51. The van der Waals surface area contributed by atoms with Crippen molar-refractivity contribution in [2.75, 3.05) is 4.72 Å². The van der Waals surface area contributed by atoms with Crippen LogP contribution in [0, 0.1) is 0 Å². The van der Waals surface area contributed by atoms with E-state index in [0.29, 0.717) is 15.7 Å². The van der Waals surface area contributed by atoms with Crippen molar-refractivity contribution in [2.45, 2.75) is 28.3 Å². The second-order valence-electron chi connectivity index (χ2n) is 7.53. The maximum atomic E-state index is 13.0. The number of sulfonamides is 1. The van der Waals surface area contributed by atoms with Crippen LogP contribution in [0.15, 0.2) is 73.1 Å². The Kier molecular flexibility index (Phi) is 5.93. The zero-order chi connectivity index (χ0) is 23.9. The number of aromatic nitrogens is 4. The van der Waals surface area contributed by atoms with Crippen molar-refractivity contribution in [1.29, 1.82) is 0 Å². The second-order valence-corrected chi connectivity index (χ2v) is 10.2. The van der Waals surface area contributed by atoms with Gasteiger partial charge in [0, 0.05) is 26.0 Å². The van der Waals surface area contributed by atoms with E-state index in [1.54, 1.807) is 67.2 Å². The lowest BCUT2D eigenvalue weighted by Crippen LogP contribution is -2.37. The van der Waals surface area contributed by atoms with Crippen LogP contribution in [0.4, 0.5) is 5.69 Å². The van der Waals surface area contributed by atoms with Gasteiger partial charge in [0.05, 0.1) is 10.6 Å². The average Bonchev–Trinajstić information content (AvgIpc) is 3.13. The normalized spacial score (nSPS) is 11.8. The Morgan fingerprint density at radius 1 is 0.939 bits per heavy atom. The van der Waals surface area contributed by atoms with Gasteiger partial charge in [-0.05, 0) is 48.0 Å². The van der Waals surface area contributed by atoms with Crippen LogP contribution in [0.2, 0.25) is 0 Å². The molecule has 4 aromatic rings. The quantitative estimate of drug-likeness (QED) is 0.450. The van der Waals surface area contributed by atoms with E-state index >= 15 is 0 Å². The first kappa shape index (κ1) is 22.9. The van der Waals surface area contributed by atoms with Gasteiger partial charge in [-0.15, -0.1) is 0 Å². The van der Waals surface area contributed by atoms with Crippen LogP contribution < -0.4 is 16.0 Å². The molecule has 0 fully saturated rings. The molecule has 2 aromatic carbocycles. The molecule has 0 aliphatic heterocycles. The first-order chi connectivity index (χ1) is 15.6. The number of aryl methyl sites for hydroxylation is 3. The van der Waals surface area contributed by atoms with E-state index in [9.17, 15) is 18.0 Å². The van der Waals surface area contributed by atoms with Crippen molar-refractivity contribution < 1.29 is 8.42 Å². The van der Waals surface area contributed by atoms with Crippen molar-refractivity contribution in [3.05, 3.63) is 74.9 Å². The van der Waals surface area contributed by atoms with E-state index in [0.717, 1.165) is 16.6 Å². The fraction of sp³-hybridized carbons (Fsp3) is 0.227. The topological polar surface area (TPSA) is 108 Å². The summed E-state index contributed by atoms with van der Waals surface area (Å²) in [5.41, 5.74) is 1.07. The van der Waals surface area contributed by atoms with Crippen LogP contribution >= 0.6 is 11.8 Å². The Morgan fingerprint density at radius 2 is 1.61 bits per heavy atom. The van der Waals surface area contributed by atoms with Gasteiger partial charge in [-0.25, -0.2) is 18.2 Å². The zero-order valence-electron chi connectivity index (χ0n) is 18.6. The lowest BCUT2D eigenvalue weighted by Gasteiger charge is -2.12. The van der Waals surface area contributed by atoms with E-state index in [-0.39, 0.29) is 16.1 Å². The summed E-state index contributed by atoms with van der Waals surface area (Å²) in [6.07, 6.45) is 0.819. The molecular weight excluding hydrogens is 462 g/mol. The maximum absolute atomic E-state index is 13.0. The Morgan fingerprint density at radius 3 is 2.27 bits per heavy atom. The third-order valence-corrected chi connectivity index (χ3v) is 7.91. The summed E-state index contributed by atoms with van der Waals surface area (Å²) in [4.78, 5) is 30.1. The Labute approximate surface area is 194 Å². The van der Waals surface area contributed by atoms with Crippen molar-refractivity contribution >= 4 is 38.6 Å². The van der Waals surface area contributed by atoms with E-state index < -0.39 is 21.3 Å². The maximum Gasteiger partial charge on any atom is 0.332 e. The molecule has 11 heteroatoms. The smallest absolute Gasteiger partial charge is 0.316 e. The standard InChI is InChI=1S/C22H23N5O4S2/c1-5-14-10-12-15(13-11-14)33(30,31)24-16-8-6-7-9-17(16)32-21-23-19-18(25(21)2)20(28)27(4)22(29)26(19)3/h6-13,24H,5H2,1-4H3. The van der Waals surface area contributed by atoms with Gasteiger partial charge in [0.1, 0.15) is 0 Å². The summed E-state index contributed by atoms with van der Waals surface area (Å²) >= 11 is 1.20. The molecule has 0 radical (unpaired) electrons. The second kappa shape index (κ2) is 8.56. The van der Waals surface area contributed by atoms with E-state index in [1.165, 1.54) is 23.4 Å². The van der Waals surface area contributed by atoms with E-state index in [2.05, 4.69) is 9.71 Å². The van der Waals surface area contributed by atoms with Crippen LogP contribution in [0.3, 0.4) is 0 Å². The zero-order valence-corrected chi connectivity index (χ0v) is 20.2. The molecule has 2 heterocycles. The van der Waals surface area contributed by atoms with Crippen molar-refractivity contribution in [3.63, 3.8) is 0 Å². The molecule has 0 saturated carbocycles. The first-order valence-electron chi connectivity index (χ1n) is 10.1. The van der Waals surface area contributed by atoms with Crippen LogP contribution in [-0.2, 0) is 37.6 Å². The largest absolute Gasteiger partial charge is 0.332 e. The molecule has 0 saturated heterocycles. The van der Waals surface area contributed by atoms with Gasteiger partial charge < -0.3 is 4.57 Å². The number of imidazole rings is 1. The molecule has 0 atom stereocenters. The summed E-state index contributed by atoms with van der Waals surface area (Å²) in [5, 5.41) is 0.447. The molecule has 0 spiro atoms. The number of benzene rings is 2. The molecule has 0 bridgehead atoms. The highest BCUT2D eigenvalue weighted by atomic mass is 32.2. The summed E-state index contributed by atoms with van der Waals surface area (Å²) in [6, 6.07) is 13.7. The third-order valence-electron chi connectivity index (χ3n) is 5.41. The number of nitrogens with zero attached hydrogens (tertiary/aromatic N) is 4. The Balaban J connectivity index is 1.73. The molecule has 0 unspecified atom stereocenters. The number of anilines is 1. The number of hydrogen-bond donors (Lipinski definition) is 1. The molecule has 9 nitrogen and oxygen atoms in total. The van der Waals surface area contributed by atoms with Crippen LogP contribution in [0.25, 0.3) is 11.2 Å². The third kappa shape index (κ3) is 4.09. The molecule has 33 heavy (non-hydrogen) atoms. The predicted octanol–water partition coefficient (Wildman–Crippen LogP) is 2.49. The van der Waals surface area contributed by atoms with E-state index in [1.807, 2.05) is 6.92 Å². The first-order valence-corrected chi connectivity index (χ1v) is 12.4. The minimum atomic E-state index is -3.80. The lowest BCUT2D eigenvalue weighted by molar-refractivity contribution is 0.601. The van der Waals surface area contributed by atoms with Gasteiger partial charge in [0.2, 0.25) is 0 Å². The Bertz CT molecular complexity index is 1580. The molecule has 4 rings (SSSR count). The van der Waals surface area contributed by atoms with Gasteiger partial charge in [-0.1, -0.05) is 31.2 Å². The van der Waals surface area contributed by atoms with Crippen LogP contribution in [0.1, 0.15) is 12.5 Å². The summed E-state index contributed by atoms with van der Waals surface area (Å²) < 4.78 is 32.5. The molecule has 172 valence electrons.